The van der Waals surface area contributed by atoms with E-state index >= 15 is 0 Å². The van der Waals surface area contributed by atoms with Crippen LogP contribution in [0, 0.1) is 0 Å². The van der Waals surface area contributed by atoms with Gasteiger partial charge in [0, 0.05) is 29.9 Å². The molecule has 0 unspecified atom stereocenters. The fourth-order valence-corrected chi connectivity index (χ4v) is 1.64. The molecule has 0 bridgehead atoms. The molecule has 2 rings (SSSR count). The quantitative estimate of drug-likeness (QED) is 0.872. The van der Waals surface area contributed by atoms with Gasteiger partial charge < -0.3 is 10.4 Å². The Labute approximate surface area is 104 Å². The molecule has 1 aromatic carbocycles. The van der Waals surface area contributed by atoms with E-state index in [4.69, 9.17) is 11.6 Å². The molecule has 88 valence electrons. The normalized spacial score (nSPS) is 10.4. The van der Waals surface area contributed by atoms with E-state index in [2.05, 4.69) is 15.3 Å². The summed E-state index contributed by atoms with van der Waals surface area (Å²) >= 11 is 5.85. The van der Waals surface area contributed by atoms with Crippen molar-refractivity contribution in [2.45, 2.75) is 13.1 Å². The Balaban J connectivity index is 1.92. The average molecular weight is 250 g/mol. The fraction of sp³-hybridized carbons (Fsp3) is 0.167. The number of phenolic OH excluding ortho intramolecular Hbond substituents is 1. The molecule has 2 N–H and O–H groups in total. The Bertz CT molecular complexity index is 490. The first-order valence-corrected chi connectivity index (χ1v) is 5.56. The number of phenols is 1. The SMILES string of the molecule is Oc1ccc(Cl)cc1CNCc1ccncn1. The molecule has 0 radical (unpaired) electrons. The summed E-state index contributed by atoms with van der Waals surface area (Å²) in [7, 11) is 0. The molecular formula is C12H12ClN3O. The van der Waals surface area contributed by atoms with Crippen molar-refractivity contribution in [1.29, 1.82) is 0 Å². The number of aromatic nitrogens is 2. The van der Waals surface area contributed by atoms with Gasteiger partial charge in [-0.2, -0.15) is 0 Å². The summed E-state index contributed by atoms with van der Waals surface area (Å²) < 4.78 is 0. The van der Waals surface area contributed by atoms with Gasteiger partial charge in [-0.15, -0.1) is 0 Å². The Hall–Kier alpha value is -1.65. The molecule has 1 heterocycles. The number of nitrogens with one attached hydrogen (secondary N) is 1. The number of aromatic hydroxyl groups is 1. The molecule has 5 heteroatoms. The van der Waals surface area contributed by atoms with Crippen molar-refractivity contribution in [2.24, 2.45) is 0 Å². The lowest BCUT2D eigenvalue weighted by molar-refractivity contribution is 0.464. The molecule has 0 aliphatic heterocycles. The second-order valence-corrected chi connectivity index (χ2v) is 4.01. The van der Waals surface area contributed by atoms with Crippen LogP contribution in [0.25, 0.3) is 0 Å². The van der Waals surface area contributed by atoms with Crippen LogP contribution in [0.1, 0.15) is 11.3 Å². The molecule has 0 aliphatic carbocycles. The van der Waals surface area contributed by atoms with E-state index in [1.165, 1.54) is 6.33 Å². The molecule has 0 amide bonds. The maximum Gasteiger partial charge on any atom is 0.120 e. The van der Waals surface area contributed by atoms with Gasteiger partial charge >= 0.3 is 0 Å². The smallest absolute Gasteiger partial charge is 0.120 e. The van der Waals surface area contributed by atoms with Gasteiger partial charge in [0.15, 0.2) is 0 Å². The zero-order chi connectivity index (χ0) is 12.1. The molecule has 17 heavy (non-hydrogen) atoms. The third-order valence-electron chi connectivity index (χ3n) is 2.31. The van der Waals surface area contributed by atoms with Crippen LogP contribution in [0.15, 0.2) is 36.8 Å². The van der Waals surface area contributed by atoms with Gasteiger partial charge in [0.2, 0.25) is 0 Å². The third-order valence-corrected chi connectivity index (χ3v) is 2.54. The van der Waals surface area contributed by atoms with E-state index in [9.17, 15) is 5.11 Å². The van der Waals surface area contributed by atoms with Crippen LogP contribution in [-0.4, -0.2) is 15.1 Å². The molecule has 0 aliphatic rings. The number of hydrogen-bond donors (Lipinski definition) is 2. The summed E-state index contributed by atoms with van der Waals surface area (Å²) in [6.45, 7) is 1.16. The summed E-state index contributed by atoms with van der Waals surface area (Å²) in [6.07, 6.45) is 3.20. The van der Waals surface area contributed by atoms with Crippen molar-refractivity contribution in [1.82, 2.24) is 15.3 Å². The fourth-order valence-electron chi connectivity index (χ4n) is 1.44. The minimum atomic E-state index is 0.240. The lowest BCUT2D eigenvalue weighted by atomic mass is 10.2. The zero-order valence-corrected chi connectivity index (χ0v) is 9.85. The van der Waals surface area contributed by atoms with Crippen LogP contribution < -0.4 is 5.32 Å². The van der Waals surface area contributed by atoms with Crippen molar-refractivity contribution >= 4 is 11.6 Å². The van der Waals surface area contributed by atoms with E-state index in [1.54, 1.807) is 24.4 Å². The minimum absolute atomic E-state index is 0.240. The van der Waals surface area contributed by atoms with Crippen molar-refractivity contribution in [3.8, 4) is 5.75 Å². The summed E-state index contributed by atoms with van der Waals surface area (Å²) in [4.78, 5) is 7.93. The van der Waals surface area contributed by atoms with E-state index in [0.29, 0.717) is 18.1 Å². The molecule has 0 saturated heterocycles. The van der Waals surface area contributed by atoms with Gasteiger partial charge in [-0.3, -0.25) is 0 Å². The maximum absolute atomic E-state index is 9.61. The number of hydrogen-bond acceptors (Lipinski definition) is 4. The lowest BCUT2D eigenvalue weighted by Crippen LogP contribution is -2.13. The number of halogens is 1. The monoisotopic (exact) mass is 249 g/mol. The maximum atomic E-state index is 9.61. The number of benzene rings is 1. The minimum Gasteiger partial charge on any atom is -0.508 e. The van der Waals surface area contributed by atoms with Crippen LogP contribution in [0.3, 0.4) is 0 Å². The van der Waals surface area contributed by atoms with E-state index in [-0.39, 0.29) is 5.75 Å². The van der Waals surface area contributed by atoms with Crippen molar-refractivity contribution < 1.29 is 5.11 Å². The van der Waals surface area contributed by atoms with Crippen molar-refractivity contribution in [3.05, 3.63) is 53.1 Å². The molecule has 0 fully saturated rings. The summed E-state index contributed by atoms with van der Waals surface area (Å²) in [5.41, 5.74) is 1.67. The van der Waals surface area contributed by atoms with E-state index in [0.717, 1.165) is 11.3 Å². The molecule has 0 saturated carbocycles. The van der Waals surface area contributed by atoms with Gasteiger partial charge in [0.25, 0.3) is 0 Å². The third kappa shape index (κ3) is 3.41. The van der Waals surface area contributed by atoms with Gasteiger partial charge in [-0.25, -0.2) is 9.97 Å². The van der Waals surface area contributed by atoms with Crippen LogP contribution in [0.2, 0.25) is 5.02 Å². The van der Waals surface area contributed by atoms with Crippen LogP contribution in [0.5, 0.6) is 5.75 Å². The average Bonchev–Trinajstić information content (AvgIpc) is 2.35. The molecule has 2 aromatic rings. The standard InChI is InChI=1S/C12H12ClN3O/c13-10-1-2-12(17)9(5-10)6-15-7-11-3-4-14-8-16-11/h1-5,8,15,17H,6-7H2. The highest BCUT2D eigenvalue weighted by Crippen LogP contribution is 2.21. The van der Waals surface area contributed by atoms with Gasteiger partial charge in [0.1, 0.15) is 12.1 Å². The van der Waals surface area contributed by atoms with Crippen LogP contribution in [-0.2, 0) is 13.1 Å². The molecule has 0 atom stereocenters. The second-order valence-electron chi connectivity index (χ2n) is 3.58. The first-order valence-electron chi connectivity index (χ1n) is 5.19. The molecule has 0 spiro atoms. The number of rotatable bonds is 4. The molecular weight excluding hydrogens is 238 g/mol. The topological polar surface area (TPSA) is 58.0 Å². The highest BCUT2D eigenvalue weighted by atomic mass is 35.5. The summed E-state index contributed by atoms with van der Waals surface area (Å²) in [6, 6.07) is 6.82. The lowest BCUT2D eigenvalue weighted by Gasteiger charge is -2.06. The predicted octanol–water partition coefficient (Wildman–Crippen LogP) is 2.13. The molecule has 4 nitrogen and oxygen atoms in total. The second kappa shape index (κ2) is 5.61. The Morgan fingerprint density at radius 2 is 2.12 bits per heavy atom. The number of nitrogens with zero attached hydrogens (tertiary/aromatic N) is 2. The highest BCUT2D eigenvalue weighted by molar-refractivity contribution is 6.30. The van der Waals surface area contributed by atoms with Gasteiger partial charge in [-0.1, -0.05) is 11.6 Å². The summed E-state index contributed by atoms with van der Waals surface area (Å²) in [5.74, 6) is 0.240. The van der Waals surface area contributed by atoms with Crippen LogP contribution >= 0.6 is 11.6 Å². The highest BCUT2D eigenvalue weighted by Gasteiger charge is 2.01. The van der Waals surface area contributed by atoms with Gasteiger partial charge in [0.05, 0.1) is 5.69 Å². The first kappa shape index (κ1) is 11.8. The van der Waals surface area contributed by atoms with Crippen molar-refractivity contribution in [2.75, 3.05) is 0 Å². The van der Waals surface area contributed by atoms with E-state index < -0.39 is 0 Å². The molecule has 1 aromatic heterocycles. The zero-order valence-electron chi connectivity index (χ0n) is 9.10. The summed E-state index contributed by atoms with van der Waals surface area (Å²) in [5, 5.41) is 13.4. The first-order chi connectivity index (χ1) is 8.25. The van der Waals surface area contributed by atoms with Gasteiger partial charge in [-0.05, 0) is 24.3 Å². The van der Waals surface area contributed by atoms with Crippen molar-refractivity contribution in [3.63, 3.8) is 0 Å². The predicted molar refractivity (Wildman–Crippen MR) is 65.7 cm³/mol. The Morgan fingerprint density at radius 3 is 2.88 bits per heavy atom. The largest absolute Gasteiger partial charge is 0.508 e. The Kier molecular flexibility index (Phi) is 3.90. The Morgan fingerprint density at radius 1 is 1.24 bits per heavy atom. The van der Waals surface area contributed by atoms with Crippen LogP contribution in [0.4, 0.5) is 0 Å². The van der Waals surface area contributed by atoms with E-state index in [1.807, 2.05) is 6.07 Å².